The molecule has 0 aromatic heterocycles. The van der Waals surface area contributed by atoms with E-state index >= 15 is 0 Å². The second kappa shape index (κ2) is 6.26. The van der Waals surface area contributed by atoms with Crippen LogP contribution in [0.25, 0.3) is 0 Å². The van der Waals surface area contributed by atoms with E-state index in [4.69, 9.17) is 9.84 Å². The standard InChI is InChI=1S/C16H20O5/c1-11(17)13-3-2-4-14(9-13)21-10-16(20)7-5-12(6-8-16)15(18)19/h2-4,9,12,20H,5-8,10H2,1H3,(H,18,19). The van der Waals surface area contributed by atoms with Gasteiger partial charge in [0.05, 0.1) is 11.5 Å². The van der Waals surface area contributed by atoms with Crippen LogP contribution in [0.1, 0.15) is 43.0 Å². The lowest BCUT2D eigenvalue weighted by Crippen LogP contribution is -2.41. The lowest BCUT2D eigenvalue weighted by atomic mass is 9.79. The van der Waals surface area contributed by atoms with Crippen LogP contribution >= 0.6 is 0 Å². The molecule has 1 fully saturated rings. The summed E-state index contributed by atoms with van der Waals surface area (Å²) in [6.45, 7) is 1.60. The Morgan fingerprint density at radius 1 is 1.33 bits per heavy atom. The highest BCUT2D eigenvalue weighted by molar-refractivity contribution is 5.94. The first-order chi connectivity index (χ1) is 9.89. The van der Waals surface area contributed by atoms with Crippen molar-refractivity contribution in [1.82, 2.24) is 0 Å². The Hall–Kier alpha value is -1.88. The van der Waals surface area contributed by atoms with Gasteiger partial charge in [0.15, 0.2) is 5.78 Å². The molecule has 0 radical (unpaired) electrons. The molecule has 0 unspecified atom stereocenters. The minimum absolute atomic E-state index is 0.0406. The molecule has 0 bridgehead atoms. The Bertz CT molecular complexity index is 529. The number of hydrogen-bond donors (Lipinski definition) is 2. The molecule has 0 saturated heterocycles. The highest BCUT2D eigenvalue weighted by Gasteiger charge is 2.36. The van der Waals surface area contributed by atoms with Gasteiger partial charge >= 0.3 is 5.97 Å². The van der Waals surface area contributed by atoms with E-state index < -0.39 is 11.6 Å². The first-order valence-corrected chi connectivity index (χ1v) is 7.09. The summed E-state index contributed by atoms with van der Waals surface area (Å²) in [4.78, 5) is 22.2. The van der Waals surface area contributed by atoms with E-state index in [1.54, 1.807) is 24.3 Å². The number of ether oxygens (including phenoxy) is 1. The number of rotatable bonds is 5. The Kier molecular flexibility index (Phi) is 4.63. The zero-order chi connectivity index (χ0) is 15.5. The Morgan fingerprint density at radius 3 is 2.57 bits per heavy atom. The van der Waals surface area contributed by atoms with E-state index in [2.05, 4.69) is 0 Å². The first-order valence-electron chi connectivity index (χ1n) is 7.09. The summed E-state index contributed by atoms with van der Waals surface area (Å²) < 4.78 is 5.59. The minimum Gasteiger partial charge on any atom is -0.491 e. The van der Waals surface area contributed by atoms with E-state index in [0.717, 1.165) is 0 Å². The van der Waals surface area contributed by atoms with Crippen LogP contribution in [0.2, 0.25) is 0 Å². The second-order valence-electron chi connectivity index (χ2n) is 5.71. The van der Waals surface area contributed by atoms with Crippen molar-refractivity contribution in [2.24, 2.45) is 5.92 Å². The molecule has 5 heteroatoms. The fourth-order valence-electron chi connectivity index (χ4n) is 2.57. The Morgan fingerprint density at radius 2 is 2.00 bits per heavy atom. The number of carbonyl (C=O) groups excluding carboxylic acids is 1. The number of aliphatic carboxylic acids is 1. The zero-order valence-corrected chi connectivity index (χ0v) is 12.0. The van der Waals surface area contributed by atoms with Crippen LogP contribution in [-0.2, 0) is 4.79 Å². The number of aliphatic hydroxyl groups is 1. The van der Waals surface area contributed by atoms with Crippen molar-refractivity contribution in [3.05, 3.63) is 29.8 Å². The molecular formula is C16H20O5. The minimum atomic E-state index is -0.988. The lowest BCUT2D eigenvalue weighted by Gasteiger charge is -2.34. The molecule has 0 heterocycles. The summed E-state index contributed by atoms with van der Waals surface area (Å²) in [7, 11) is 0. The van der Waals surface area contributed by atoms with Gasteiger partial charge in [0, 0.05) is 5.56 Å². The molecule has 2 rings (SSSR count). The van der Waals surface area contributed by atoms with Gasteiger partial charge in [-0.3, -0.25) is 9.59 Å². The number of hydrogen-bond acceptors (Lipinski definition) is 4. The van der Waals surface area contributed by atoms with Crippen LogP contribution < -0.4 is 4.74 Å². The first kappa shape index (κ1) is 15.5. The molecule has 5 nitrogen and oxygen atoms in total. The molecule has 1 aliphatic carbocycles. The smallest absolute Gasteiger partial charge is 0.306 e. The third-order valence-corrected chi connectivity index (χ3v) is 4.01. The van der Waals surface area contributed by atoms with Gasteiger partial charge in [0.25, 0.3) is 0 Å². The fourth-order valence-corrected chi connectivity index (χ4v) is 2.57. The van der Waals surface area contributed by atoms with Crippen LogP contribution in [0.5, 0.6) is 5.75 Å². The van der Waals surface area contributed by atoms with E-state index in [0.29, 0.717) is 37.0 Å². The average Bonchev–Trinajstić information content (AvgIpc) is 2.46. The van der Waals surface area contributed by atoms with Gasteiger partial charge in [-0.1, -0.05) is 12.1 Å². The topological polar surface area (TPSA) is 83.8 Å². The molecule has 1 aliphatic rings. The van der Waals surface area contributed by atoms with Gasteiger partial charge in [-0.25, -0.2) is 0 Å². The quantitative estimate of drug-likeness (QED) is 0.813. The molecule has 1 aromatic carbocycles. The van der Waals surface area contributed by atoms with E-state index in [9.17, 15) is 14.7 Å². The number of carboxylic acid groups (broad SMARTS) is 1. The SMILES string of the molecule is CC(=O)c1cccc(OCC2(O)CCC(C(=O)O)CC2)c1. The van der Waals surface area contributed by atoms with Gasteiger partial charge in [-0.05, 0) is 44.7 Å². The van der Waals surface area contributed by atoms with Crippen LogP contribution in [-0.4, -0.2) is 34.2 Å². The third kappa shape index (κ3) is 4.04. The molecule has 21 heavy (non-hydrogen) atoms. The van der Waals surface area contributed by atoms with E-state index in [1.807, 2.05) is 0 Å². The highest BCUT2D eigenvalue weighted by Crippen LogP contribution is 2.32. The van der Waals surface area contributed by atoms with Gasteiger partial charge in [0.1, 0.15) is 12.4 Å². The average molecular weight is 292 g/mol. The summed E-state index contributed by atoms with van der Waals surface area (Å²) in [5.41, 5.74) is -0.424. The van der Waals surface area contributed by atoms with Crippen LogP contribution in [0.3, 0.4) is 0 Å². The maximum Gasteiger partial charge on any atom is 0.306 e. The molecular weight excluding hydrogens is 272 g/mol. The molecule has 1 saturated carbocycles. The van der Waals surface area contributed by atoms with Gasteiger partial charge < -0.3 is 14.9 Å². The highest BCUT2D eigenvalue weighted by atomic mass is 16.5. The summed E-state index contributed by atoms with van der Waals surface area (Å²) in [5.74, 6) is -0.670. The summed E-state index contributed by atoms with van der Waals surface area (Å²) >= 11 is 0. The van der Waals surface area contributed by atoms with Crippen molar-refractivity contribution in [2.75, 3.05) is 6.61 Å². The molecule has 1 aromatic rings. The number of carboxylic acids is 1. The normalized spacial score (nSPS) is 25.3. The van der Waals surface area contributed by atoms with Crippen LogP contribution in [0.4, 0.5) is 0 Å². The van der Waals surface area contributed by atoms with E-state index in [-0.39, 0.29) is 18.3 Å². The molecule has 0 amide bonds. The number of benzene rings is 1. The Labute approximate surface area is 123 Å². The maximum absolute atomic E-state index is 11.3. The second-order valence-corrected chi connectivity index (χ2v) is 5.71. The zero-order valence-electron chi connectivity index (χ0n) is 12.0. The predicted octanol–water partition coefficient (Wildman–Crippen LogP) is 2.27. The molecule has 0 atom stereocenters. The third-order valence-electron chi connectivity index (χ3n) is 4.01. The number of Topliss-reactive ketones (excluding diaryl/α,β-unsaturated/α-hetero) is 1. The summed E-state index contributed by atoms with van der Waals surface area (Å²) in [6.07, 6.45) is 1.75. The van der Waals surface area contributed by atoms with Gasteiger partial charge in [-0.2, -0.15) is 0 Å². The largest absolute Gasteiger partial charge is 0.491 e. The maximum atomic E-state index is 11.3. The van der Waals surface area contributed by atoms with Gasteiger partial charge in [-0.15, -0.1) is 0 Å². The molecule has 2 N–H and O–H groups in total. The predicted molar refractivity (Wildman–Crippen MR) is 76.5 cm³/mol. The molecule has 114 valence electrons. The monoisotopic (exact) mass is 292 g/mol. The van der Waals surface area contributed by atoms with Crippen molar-refractivity contribution in [2.45, 2.75) is 38.2 Å². The number of ketones is 1. The van der Waals surface area contributed by atoms with Gasteiger partial charge in [0.2, 0.25) is 0 Å². The summed E-state index contributed by atoms with van der Waals surface area (Å²) in [6, 6.07) is 6.83. The van der Waals surface area contributed by atoms with E-state index in [1.165, 1.54) is 6.92 Å². The van der Waals surface area contributed by atoms with Crippen LogP contribution in [0.15, 0.2) is 24.3 Å². The fraction of sp³-hybridized carbons (Fsp3) is 0.500. The van der Waals surface area contributed by atoms with Crippen molar-refractivity contribution >= 4 is 11.8 Å². The molecule has 0 spiro atoms. The van der Waals surface area contributed by atoms with Crippen molar-refractivity contribution in [3.8, 4) is 5.75 Å². The van der Waals surface area contributed by atoms with Crippen molar-refractivity contribution < 1.29 is 24.5 Å². The Balaban J connectivity index is 1.92. The number of carbonyl (C=O) groups is 2. The lowest BCUT2D eigenvalue weighted by molar-refractivity contribution is -0.145. The molecule has 0 aliphatic heterocycles. The van der Waals surface area contributed by atoms with Crippen molar-refractivity contribution in [3.63, 3.8) is 0 Å². The van der Waals surface area contributed by atoms with Crippen molar-refractivity contribution in [1.29, 1.82) is 0 Å². The van der Waals surface area contributed by atoms with Crippen LogP contribution in [0, 0.1) is 5.92 Å². The summed E-state index contributed by atoms with van der Waals surface area (Å²) in [5, 5.41) is 19.4.